The maximum absolute atomic E-state index is 5.86. The minimum Gasteiger partial charge on any atom is -0.476 e. The summed E-state index contributed by atoms with van der Waals surface area (Å²) in [5, 5.41) is 0. The van der Waals surface area contributed by atoms with Crippen molar-refractivity contribution in [2.45, 2.75) is 39.5 Å². The molecule has 1 fully saturated rings. The zero-order chi connectivity index (χ0) is 13.0. The summed E-state index contributed by atoms with van der Waals surface area (Å²) in [7, 11) is 0. The fourth-order valence-corrected chi connectivity index (χ4v) is 2.65. The van der Waals surface area contributed by atoms with E-state index in [0.29, 0.717) is 17.7 Å². The lowest BCUT2D eigenvalue weighted by Gasteiger charge is -2.30. The van der Waals surface area contributed by atoms with Crippen molar-refractivity contribution in [3.63, 3.8) is 0 Å². The minimum atomic E-state index is 0.575. The maximum Gasteiger partial charge on any atom is 0.235 e. The fraction of sp³-hybridized carbons (Fsp3) is 0.714. The molecule has 0 radical (unpaired) electrons. The molecule has 2 atom stereocenters. The first-order valence-electron chi connectivity index (χ1n) is 6.84. The summed E-state index contributed by atoms with van der Waals surface area (Å²) in [6.45, 7) is 5.36. The van der Waals surface area contributed by atoms with Crippen LogP contribution in [0.2, 0.25) is 0 Å². The minimum absolute atomic E-state index is 0.575. The standard InChI is InChI=1S/C14H23N3O/c1-10-8-16-11(2)14(17-10)18-9-13-6-4-3-5-12(13)7-15/h8,12-13H,3-7,9,15H2,1-2H3. The van der Waals surface area contributed by atoms with Crippen LogP contribution in [0.25, 0.3) is 0 Å². The Morgan fingerprint density at radius 2 is 2.00 bits per heavy atom. The summed E-state index contributed by atoms with van der Waals surface area (Å²) in [6, 6.07) is 0. The van der Waals surface area contributed by atoms with Crippen molar-refractivity contribution in [2.24, 2.45) is 17.6 Å². The van der Waals surface area contributed by atoms with Crippen LogP contribution in [0.5, 0.6) is 5.88 Å². The van der Waals surface area contributed by atoms with Crippen molar-refractivity contribution in [1.82, 2.24) is 9.97 Å². The Kier molecular flexibility index (Phi) is 4.53. The van der Waals surface area contributed by atoms with Gasteiger partial charge >= 0.3 is 0 Å². The molecule has 18 heavy (non-hydrogen) atoms. The summed E-state index contributed by atoms with van der Waals surface area (Å²) in [6.07, 6.45) is 6.83. The molecular formula is C14H23N3O. The van der Waals surface area contributed by atoms with Crippen LogP contribution in [-0.2, 0) is 0 Å². The van der Waals surface area contributed by atoms with Gasteiger partial charge in [-0.3, -0.25) is 4.98 Å². The van der Waals surface area contributed by atoms with E-state index < -0.39 is 0 Å². The Labute approximate surface area is 109 Å². The fourth-order valence-electron chi connectivity index (χ4n) is 2.65. The zero-order valence-electron chi connectivity index (χ0n) is 11.4. The number of aromatic nitrogens is 2. The normalized spacial score (nSPS) is 23.9. The quantitative estimate of drug-likeness (QED) is 0.889. The average molecular weight is 249 g/mol. The van der Waals surface area contributed by atoms with Crippen LogP contribution in [0.1, 0.15) is 37.1 Å². The van der Waals surface area contributed by atoms with Gasteiger partial charge in [-0.15, -0.1) is 0 Å². The van der Waals surface area contributed by atoms with Gasteiger partial charge in [0.2, 0.25) is 5.88 Å². The third-order valence-corrected chi connectivity index (χ3v) is 3.84. The van der Waals surface area contributed by atoms with Crippen LogP contribution < -0.4 is 10.5 Å². The van der Waals surface area contributed by atoms with Crippen LogP contribution in [0, 0.1) is 25.7 Å². The molecule has 2 N–H and O–H groups in total. The maximum atomic E-state index is 5.86. The Hall–Kier alpha value is -1.16. The Morgan fingerprint density at radius 1 is 1.28 bits per heavy atom. The molecule has 1 saturated carbocycles. The number of hydrogen-bond acceptors (Lipinski definition) is 4. The third-order valence-electron chi connectivity index (χ3n) is 3.84. The lowest BCUT2D eigenvalue weighted by molar-refractivity contribution is 0.148. The molecule has 100 valence electrons. The number of hydrogen-bond donors (Lipinski definition) is 1. The number of nitrogens with two attached hydrogens (primary N) is 1. The monoisotopic (exact) mass is 249 g/mol. The van der Waals surface area contributed by atoms with E-state index >= 15 is 0 Å². The lowest BCUT2D eigenvalue weighted by Crippen LogP contribution is -2.31. The predicted molar refractivity (Wildman–Crippen MR) is 71.5 cm³/mol. The van der Waals surface area contributed by atoms with Gasteiger partial charge in [0.05, 0.1) is 18.0 Å². The molecule has 1 aromatic heterocycles. The highest BCUT2D eigenvalue weighted by Crippen LogP contribution is 2.29. The average Bonchev–Trinajstić information content (AvgIpc) is 2.40. The summed E-state index contributed by atoms with van der Waals surface area (Å²) >= 11 is 0. The second-order valence-corrected chi connectivity index (χ2v) is 5.25. The van der Waals surface area contributed by atoms with Crippen molar-refractivity contribution in [3.05, 3.63) is 17.6 Å². The number of nitrogens with zero attached hydrogens (tertiary/aromatic N) is 2. The second kappa shape index (κ2) is 6.14. The van der Waals surface area contributed by atoms with Crippen molar-refractivity contribution >= 4 is 0 Å². The highest BCUT2D eigenvalue weighted by molar-refractivity contribution is 5.17. The lowest BCUT2D eigenvalue weighted by atomic mass is 9.80. The number of ether oxygens (including phenoxy) is 1. The highest BCUT2D eigenvalue weighted by atomic mass is 16.5. The van der Waals surface area contributed by atoms with Gasteiger partial charge in [0, 0.05) is 6.20 Å². The molecule has 4 heteroatoms. The van der Waals surface area contributed by atoms with E-state index in [1.54, 1.807) is 6.20 Å². The summed E-state index contributed by atoms with van der Waals surface area (Å²) < 4.78 is 5.86. The van der Waals surface area contributed by atoms with Crippen molar-refractivity contribution in [2.75, 3.05) is 13.2 Å². The molecule has 1 aliphatic carbocycles. The van der Waals surface area contributed by atoms with Crippen LogP contribution >= 0.6 is 0 Å². The first-order valence-corrected chi connectivity index (χ1v) is 6.84. The van der Waals surface area contributed by atoms with Crippen LogP contribution in [0.15, 0.2) is 6.20 Å². The van der Waals surface area contributed by atoms with Gasteiger partial charge < -0.3 is 10.5 Å². The molecule has 1 aliphatic rings. The first kappa shape index (κ1) is 13.3. The molecule has 0 amide bonds. The van der Waals surface area contributed by atoms with Crippen molar-refractivity contribution < 1.29 is 4.74 Å². The van der Waals surface area contributed by atoms with Gasteiger partial charge in [0.15, 0.2) is 0 Å². The number of rotatable bonds is 4. The Bertz CT molecular complexity index is 395. The molecule has 4 nitrogen and oxygen atoms in total. The van der Waals surface area contributed by atoms with E-state index in [4.69, 9.17) is 10.5 Å². The van der Waals surface area contributed by atoms with Gasteiger partial charge in [-0.05, 0) is 45.1 Å². The molecule has 0 aliphatic heterocycles. The third kappa shape index (κ3) is 3.19. The highest BCUT2D eigenvalue weighted by Gasteiger charge is 2.24. The Balaban J connectivity index is 1.95. The van der Waals surface area contributed by atoms with Crippen LogP contribution in [0.3, 0.4) is 0 Å². The van der Waals surface area contributed by atoms with Crippen LogP contribution in [-0.4, -0.2) is 23.1 Å². The molecule has 1 heterocycles. The van der Waals surface area contributed by atoms with Crippen molar-refractivity contribution in [3.8, 4) is 5.88 Å². The summed E-state index contributed by atoms with van der Waals surface area (Å²) in [4.78, 5) is 8.66. The van der Waals surface area contributed by atoms with E-state index in [9.17, 15) is 0 Å². The second-order valence-electron chi connectivity index (χ2n) is 5.25. The van der Waals surface area contributed by atoms with Gasteiger partial charge in [0.1, 0.15) is 0 Å². The van der Waals surface area contributed by atoms with E-state index in [1.807, 2.05) is 13.8 Å². The summed E-state index contributed by atoms with van der Waals surface area (Å²) in [5.74, 6) is 1.86. The molecule has 2 unspecified atom stereocenters. The predicted octanol–water partition coefficient (Wildman–Crippen LogP) is 2.24. The zero-order valence-corrected chi connectivity index (χ0v) is 11.4. The molecule has 1 aromatic rings. The Morgan fingerprint density at radius 3 is 2.72 bits per heavy atom. The topological polar surface area (TPSA) is 61.0 Å². The molecule has 0 saturated heterocycles. The first-order chi connectivity index (χ1) is 8.70. The molecule has 0 aromatic carbocycles. The van der Waals surface area contributed by atoms with E-state index in [0.717, 1.165) is 24.5 Å². The SMILES string of the molecule is Cc1cnc(C)c(OCC2CCCCC2CN)n1. The molecule has 0 spiro atoms. The van der Waals surface area contributed by atoms with E-state index in [2.05, 4.69) is 9.97 Å². The van der Waals surface area contributed by atoms with Gasteiger partial charge in [-0.25, -0.2) is 4.98 Å². The molecular weight excluding hydrogens is 226 g/mol. The van der Waals surface area contributed by atoms with Gasteiger partial charge in [0.25, 0.3) is 0 Å². The van der Waals surface area contributed by atoms with Gasteiger partial charge in [-0.1, -0.05) is 12.8 Å². The van der Waals surface area contributed by atoms with Gasteiger partial charge in [-0.2, -0.15) is 0 Å². The largest absolute Gasteiger partial charge is 0.476 e. The number of aryl methyl sites for hydroxylation is 2. The summed E-state index contributed by atoms with van der Waals surface area (Å²) in [5.41, 5.74) is 7.59. The van der Waals surface area contributed by atoms with E-state index in [1.165, 1.54) is 25.7 Å². The van der Waals surface area contributed by atoms with Crippen molar-refractivity contribution in [1.29, 1.82) is 0 Å². The van der Waals surface area contributed by atoms with Crippen LogP contribution in [0.4, 0.5) is 0 Å². The van der Waals surface area contributed by atoms with E-state index in [-0.39, 0.29) is 0 Å². The molecule has 2 rings (SSSR count). The molecule has 0 bridgehead atoms. The smallest absolute Gasteiger partial charge is 0.235 e.